The Kier molecular flexibility index (Phi) is 42.1. The van der Waals surface area contributed by atoms with Crippen LogP contribution in [0.25, 0.3) is 0 Å². The molecule has 0 aliphatic carbocycles. The van der Waals surface area contributed by atoms with Crippen LogP contribution in [0.2, 0.25) is 0 Å². The maximum Gasteiger partial charge on any atom is 3.00 e. The molecule has 5 aromatic carbocycles. The van der Waals surface area contributed by atoms with Crippen LogP contribution in [0.4, 0.5) is 0 Å². The van der Waals surface area contributed by atoms with E-state index in [0.29, 0.717) is 0 Å². The first-order valence-corrected chi connectivity index (χ1v) is 15.1. The molecule has 0 saturated carbocycles. The van der Waals surface area contributed by atoms with Gasteiger partial charge in [0.15, 0.2) is 0 Å². The number of hydrogen-bond donors (Lipinski definition) is 0. The van der Waals surface area contributed by atoms with E-state index in [2.05, 4.69) is 78.9 Å². The van der Waals surface area contributed by atoms with Crippen molar-refractivity contribution in [1.82, 2.24) is 0 Å². The molecule has 5 rings (SSSR count). The molecule has 0 N–H and O–H groups in total. The molecule has 0 spiro atoms. The third kappa shape index (κ3) is 23.7. The van der Waals surface area contributed by atoms with Crippen molar-refractivity contribution in [3.63, 3.8) is 0 Å². The zero-order valence-corrected chi connectivity index (χ0v) is 36.8. The van der Waals surface area contributed by atoms with Crippen molar-refractivity contribution in [2.75, 3.05) is 0 Å². The maximum atomic E-state index is 3.55. The second-order valence-electron chi connectivity index (χ2n) is 7.71. The van der Waals surface area contributed by atoms with Gasteiger partial charge in [-0.1, -0.05) is 68.2 Å². The van der Waals surface area contributed by atoms with Crippen molar-refractivity contribution in [2.45, 2.75) is 74.7 Å². The van der Waals surface area contributed by atoms with E-state index in [1.165, 1.54) is 33.4 Å². The minimum absolute atomic E-state index is 0. The van der Waals surface area contributed by atoms with Crippen LogP contribution < -0.4 is 0 Å². The summed E-state index contributed by atoms with van der Waals surface area (Å²) in [5, 5.41) is 0. The van der Waals surface area contributed by atoms with Gasteiger partial charge in [0.2, 0.25) is 0 Å². The number of hydrogen-bond acceptors (Lipinski definition) is 0. The molecule has 1 radical (unpaired) electrons. The minimum Gasteiger partial charge on any atom is -0.355 e. The van der Waals surface area contributed by atoms with E-state index in [0.717, 1.165) is 19.3 Å². The second-order valence-corrected chi connectivity index (χ2v) is 7.71. The molecule has 221 valence electrons. The molecule has 0 aliphatic heterocycles. The van der Waals surface area contributed by atoms with Crippen LogP contribution in [-0.4, -0.2) is 0 Å². The van der Waals surface area contributed by atoms with Gasteiger partial charge in [0.05, 0.1) is 0 Å². The van der Waals surface area contributed by atoms with Crippen LogP contribution in [0.5, 0.6) is 0 Å². The van der Waals surface area contributed by atoms with Crippen LogP contribution in [0, 0.1) is 36.4 Å². The summed E-state index contributed by atoms with van der Waals surface area (Å²) >= 11 is 0. The molecule has 0 amide bonds. The minimum atomic E-state index is 0. The quantitative estimate of drug-likeness (QED) is 0.150. The summed E-state index contributed by atoms with van der Waals surface area (Å²) in [4.78, 5) is 0. The molecule has 0 saturated heterocycles. The third-order valence-corrected chi connectivity index (χ3v) is 5.08. The fourth-order valence-electron chi connectivity index (χ4n) is 3.53. The van der Waals surface area contributed by atoms with Gasteiger partial charge in [0.25, 0.3) is 0 Å². The van der Waals surface area contributed by atoms with Gasteiger partial charge >= 0.3 is 65.4 Å². The summed E-state index contributed by atoms with van der Waals surface area (Å²) in [6.07, 6.45) is 2.53. The standard InChI is InChI=1S/C27H19.C6H5.4C2H6.3Y/c1-3-9-22(10-4-1)17-24-13-7-15-26(19-24)21-27-16-8-14-25(20-27)18-23-11-5-2-6-12-23;1-2-4-6-5-3-1;4*1-2;;;/h1-9,11,13,15,20H,17-18,21H2;1-5H;4*1-2H3;;;/q-5;-1;;;;;;2*+3. The Morgan fingerprint density at radius 2 is 0.795 bits per heavy atom. The Hall–Kier alpha value is -0.588. The number of benzene rings is 5. The van der Waals surface area contributed by atoms with Gasteiger partial charge in [-0.25, -0.2) is 0 Å². The Morgan fingerprint density at radius 1 is 0.409 bits per heavy atom. The maximum absolute atomic E-state index is 3.55. The summed E-state index contributed by atoms with van der Waals surface area (Å²) in [6, 6.07) is 55.9. The summed E-state index contributed by atoms with van der Waals surface area (Å²) < 4.78 is 0. The molecule has 3 heteroatoms. The van der Waals surface area contributed by atoms with Crippen molar-refractivity contribution in [3.8, 4) is 0 Å². The Bertz CT molecular complexity index is 1110. The third-order valence-electron chi connectivity index (χ3n) is 5.08. The van der Waals surface area contributed by atoms with Gasteiger partial charge in [-0.3, -0.25) is 17.2 Å². The SMILES string of the molecule is CC.CC.CC.CC.[Y+3].[Y+3].[Y].[c-]1ccccc1.[c-]1ccccc1Cc1[c-]c(Cc2[c-]c[c-]c(Cc3[c-]cccc3)c2)ccc1. The zero-order chi connectivity index (χ0) is 30.6. The molecule has 0 nitrogen and oxygen atoms in total. The van der Waals surface area contributed by atoms with Crippen molar-refractivity contribution in [3.05, 3.63) is 179 Å². The van der Waals surface area contributed by atoms with E-state index < -0.39 is 0 Å². The predicted octanol–water partition coefficient (Wildman–Crippen LogP) is 11.0. The van der Waals surface area contributed by atoms with E-state index in [-0.39, 0.29) is 98.1 Å². The van der Waals surface area contributed by atoms with Crippen LogP contribution in [0.3, 0.4) is 0 Å². The topological polar surface area (TPSA) is 0 Å². The first-order valence-electron chi connectivity index (χ1n) is 15.1. The van der Waals surface area contributed by atoms with Gasteiger partial charge in [-0.05, 0) is 6.42 Å². The summed E-state index contributed by atoms with van der Waals surface area (Å²) in [6.45, 7) is 16.0. The van der Waals surface area contributed by atoms with Crippen molar-refractivity contribution in [1.29, 1.82) is 0 Å². The molecule has 0 aromatic heterocycles. The average molecular weight is 808 g/mol. The van der Waals surface area contributed by atoms with Crippen LogP contribution in [-0.2, 0) is 117 Å². The molecule has 0 aliphatic rings. The van der Waals surface area contributed by atoms with Crippen LogP contribution >= 0.6 is 0 Å². The molecular formula is C41H48Y3. The van der Waals surface area contributed by atoms with Crippen LogP contribution in [0.1, 0.15) is 88.8 Å². The van der Waals surface area contributed by atoms with Gasteiger partial charge in [0, 0.05) is 32.7 Å². The summed E-state index contributed by atoms with van der Waals surface area (Å²) in [7, 11) is 0. The Labute approximate surface area is 347 Å². The molecular weight excluding hydrogens is 759 g/mol. The van der Waals surface area contributed by atoms with Gasteiger partial charge < -0.3 is 18.2 Å². The van der Waals surface area contributed by atoms with E-state index >= 15 is 0 Å². The first kappa shape index (κ1) is 50.3. The van der Waals surface area contributed by atoms with Gasteiger partial charge in [0.1, 0.15) is 0 Å². The molecule has 0 atom stereocenters. The van der Waals surface area contributed by atoms with Crippen molar-refractivity contribution >= 4 is 0 Å². The van der Waals surface area contributed by atoms with E-state index in [9.17, 15) is 0 Å². The number of rotatable bonds is 6. The summed E-state index contributed by atoms with van der Waals surface area (Å²) in [5.41, 5.74) is 7.08. The smallest absolute Gasteiger partial charge is 0.355 e. The summed E-state index contributed by atoms with van der Waals surface area (Å²) in [5.74, 6) is 0. The van der Waals surface area contributed by atoms with Gasteiger partial charge in [-0.15, -0.1) is 0 Å². The fraction of sp³-hybridized carbons (Fsp3) is 0.268. The van der Waals surface area contributed by atoms with Crippen molar-refractivity contribution < 1.29 is 98.1 Å². The van der Waals surface area contributed by atoms with Crippen LogP contribution in [0.15, 0.2) is 109 Å². The predicted molar refractivity (Wildman–Crippen MR) is 179 cm³/mol. The zero-order valence-electron chi connectivity index (χ0n) is 28.2. The monoisotopic (exact) mass is 807 g/mol. The Balaban J connectivity index is -0.000000404. The second kappa shape index (κ2) is 36.9. The van der Waals surface area contributed by atoms with Crippen molar-refractivity contribution in [2.24, 2.45) is 0 Å². The van der Waals surface area contributed by atoms with E-state index in [4.69, 9.17) is 0 Å². The molecule has 0 bridgehead atoms. The molecule has 0 heterocycles. The Morgan fingerprint density at radius 3 is 1.16 bits per heavy atom. The van der Waals surface area contributed by atoms with Gasteiger partial charge in [-0.2, -0.15) is 144 Å². The molecule has 44 heavy (non-hydrogen) atoms. The average Bonchev–Trinajstić information content (AvgIpc) is 3.07. The molecule has 0 unspecified atom stereocenters. The largest absolute Gasteiger partial charge is 3.00 e. The van der Waals surface area contributed by atoms with E-state index in [1.807, 2.05) is 122 Å². The molecule has 5 aromatic rings. The normalized spacial score (nSPS) is 8.18. The fourth-order valence-corrected chi connectivity index (χ4v) is 3.53. The first-order chi connectivity index (χ1) is 20.3. The molecule has 0 fully saturated rings. The van der Waals surface area contributed by atoms with E-state index in [1.54, 1.807) is 0 Å².